The van der Waals surface area contributed by atoms with E-state index in [-0.39, 0.29) is 5.91 Å². The van der Waals surface area contributed by atoms with Gasteiger partial charge in [-0.25, -0.2) is 5.43 Å². The van der Waals surface area contributed by atoms with Crippen LogP contribution in [0.5, 0.6) is 0 Å². The van der Waals surface area contributed by atoms with E-state index >= 15 is 0 Å². The standard InChI is InChI=1S/C10H14N2O/c1-5(13)11-12-10-6-2-3-7(10)9-4-8(6)9/h6-9H,2-4H2,1H3,(H,11,13)/t6-,7+,8+,9-. The molecule has 1 N–H and O–H groups in total. The molecule has 0 spiro atoms. The van der Waals surface area contributed by atoms with Crippen molar-refractivity contribution in [3.63, 3.8) is 0 Å². The van der Waals surface area contributed by atoms with E-state index < -0.39 is 0 Å². The SMILES string of the molecule is CC(=O)NN=C1[C@H]2CC[C@@H]1[C@@H]1C[C@@H]12. The maximum absolute atomic E-state index is 10.7. The molecular weight excluding hydrogens is 164 g/mol. The number of hydrogen-bond acceptors (Lipinski definition) is 2. The van der Waals surface area contributed by atoms with Gasteiger partial charge in [0.1, 0.15) is 0 Å². The van der Waals surface area contributed by atoms with Crippen molar-refractivity contribution in [1.29, 1.82) is 0 Å². The molecule has 0 aliphatic heterocycles. The highest BCUT2D eigenvalue weighted by Crippen LogP contribution is 2.64. The van der Waals surface area contributed by atoms with E-state index in [2.05, 4.69) is 10.5 Å². The third-order valence-corrected chi connectivity index (χ3v) is 3.82. The van der Waals surface area contributed by atoms with Gasteiger partial charge in [-0.2, -0.15) is 5.10 Å². The molecule has 13 heavy (non-hydrogen) atoms. The first-order valence-electron chi connectivity index (χ1n) is 5.11. The Morgan fingerprint density at radius 3 is 2.54 bits per heavy atom. The fourth-order valence-corrected chi connectivity index (χ4v) is 3.27. The molecule has 3 nitrogen and oxygen atoms in total. The molecule has 0 unspecified atom stereocenters. The Morgan fingerprint density at radius 1 is 1.38 bits per heavy atom. The van der Waals surface area contributed by atoms with Crippen molar-refractivity contribution in [3.05, 3.63) is 0 Å². The Balaban J connectivity index is 1.79. The summed E-state index contributed by atoms with van der Waals surface area (Å²) in [6.45, 7) is 1.52. The molecule has 3 saturated carbocycles. The van der Waals surface area contributed by atoms with Crippen LogP contribution in [0.3, 0.4) is 0 Å². The molecule has 3 aliphatic rings. The number of amides is 1. The predicted octanol–water partition coefficient (Wildman–Crippen LogP) is 1.15. The minimum Gasteiger partial charge on any atom is -0.274 e. The summed E-state index contributed by atoms with van der Waals surface area (Å²) in [4.78, 5) is 10.7. The summed E-state index contributed by atoms with van der Waals surface area (Å²) in [5.74, 6) is 3.27. The lowest BCUT2D eigenvalue weighted by Gasteiger charge is -2.06. The average molecular weight is 178 g/mol. The summed E-state index contributed by atoms with van der Waals surface area (Å²) >= 11 is 0. The Kier molecular flexibility index (Phi) is 1.35. The van der Waals surface area contributed by atoms with Crippen molar-refractivity contribution >= 4 is 11.6 Å². The predicted molar refractivity (Wildman–Crippen MR) is 49.1 cm³/mol. The summed E-state index contributed by atoms with van der Waals surface area (Å²) in [5, 5.41) is 4.25. The average Bonchev–Trinajstić information content (AvgIpc) is 2.74. The summed E-state index contributed by atoms with van der Waals surface area (Å²) in [6.07, 6.45) is 4.04. The zero-order valence-electron chi connectivity index (χ0n) is 7.79. The maximum atomic E-state index is 10.7. The van der Waals surface area contributed by atoms with E-state index in [4.69, 9.17) is 0 Å². The van der Waals surface area contributed by atoms with Crippen LogP contribution in [-0.2, 0) is 4.79 Å². The van der Waals surface area contributed by atoms with Gasteiger partial charge in [-0.3, -0.25) is 4.79 Å². The molecule has 3 rings (SSSR count). The van der Waals surface area contributed by atoms with Crippen molar-refractivity contribution in [2.24, 2.45) is 28.8 Å². The van der Waals surface area contributed by atoms with Gasteiger partial charge in [-0.15, -0.1) is 0 Å². The van der Waals surface area contributed by atoms with Crippen LogP contribution in [0.4, 0.5) is 0 Å². The fourth-order valence-electron chi connectivity index (χ4n) is 3.27. The van der Waals surface area contributed by atoms with Crippen LogP contribution in [0.2, 0.25) is 0 Å². The molecular formula is C10H14N2O. The Bertz CT molecular complexity index is 279. The van der Waals surface area contributed by atoms with Gasteiger partial charge in [0, 0.05) is 24.5 Å². The molecule has 1 amide bonds. The van der Waals surface area contributed by atoms with Crippen LogP contribution in [0.15, 0.2) is 5.10 Å². The van der Waals surface area contributed by atoms with E-state index in [0.717, 1.165) is 23.7 Å². The minimum absolute atomic E-state index is 0.0486. The first kappa shape index (κ1) is 7.54. The smallest absolute Gasteiger partial charge is 0.236 e. The van der Waals surface area contributed by atoms with Crippen LogP contribution in [0, 0.1) is 23.7 Å². The van der Waals surface area contributed by atoms with Crippen LogP contribution >= 0.6 is 0 Å². The van der Waals surface area contributed by atoms with Crippen LogP contribution in [0.25, 0.3) is 0 Å². The normalized spacial score (nSPS) is 47.9. The van der Waals surface area contributed by atoms with Crippen molar-refractivity contribution in [3.8, 4) is 0 Å². The van der Waals surface area contributed by atoms with E-state index in [1.807, 2.05) is 0 Å². The van der Waals surface area contributed by atoms with E-state index in [1.54, 1.807) is 0 Å². The number of rotatable bonds is 1. The Labute approximate surface area is 77.6 Å². The summed E-state index contributed by atoms with van der Waals surface area (Å²) in [6, 6.07) is 0. The van der Waals surface area contributed by atoms with Gasteiger partial charge in [0.2, 0.25) is 5.91 Å². The van der Waals surface area contributed by atoms with Crippen molar-refractivity contribution < 1.29 is 4.79 Å². The molecule has 4 atom stereocenters. The number of nitrogens with zero attached hydrogens (tertiary/aromatic N) is 1. The lowest BCUT2D eigenvalue weighted by molar-refractivity contribution is -0.118. The van der Waals surface area contributed by atoms with Gasteiger partial charge in [-0.05, 0) is 31.1 Å². The molecule has 3 heteroatoms. The topological polar surface area (TPSA) is 41.5 Å². The molecule has 70 valence electrons. The molecule has 0 aromatic rings. The molecule has 0 radical (unpaired) electrons. The third-order valence-electron chi connectivity index (χ3n) is 3.82. The maximum Gasteiger partial charge on any atom is 0.236 e. The summed E-state index contributed by atoms with van der Waals surface area (Å²) < 4.78 is 0. The molecule has 0 aromatic carbocycles. The lowest BCUT2D eigenvalue weighted by Crippen LogP contribution is -2.19. The highest BCUT2D eigenvalue weighted by atomic mass is 16.2. The Morgan fingerprint density at radius 2 is 2.00 bits per heavy atom. The number of carbonyl (C=O) groups is 1. The Hall–Kier alpha value is -0.860. The molecule has 0 heterocycles. The van der Waals surface area contributed by atoms with Gasteiger partial charge < -0.3 is 0 Å². The third kappa shape index (κ3) is 0.960. The van der Waals surface area contributed by atoms with Gasteiger partial charge >= 0.3 is 0 Å². The largest absolute Gasteiger partial charge is 0.274 e. The number of hydrogen-bond donors (Lipinski definition) is 1. The molecule has 0 aromatic heterocycles. The fraction of sp³-hybridized carbons (Fsp3) is 0.800. The zero-order chi connectivity index (χ0) is 9.00. The molecule has 0 saturated heterocycles. The van der Waals surface area contributed by atoms with Crippen molar-refractivity contribution in [2.75, 3.05) is 0 Å². The van der Waals surface area contributed by atoms with E-state index in [9.17, 15) is 4.79 Å². The minimum atomic E-state index is -0.0486. The van der Waals surface area contributed by atoms with Gasteiger partial charge in [0.25, 0.3) is 0 Å². The number of fused-ring (bicyclic) bond motifs is 5. The second-order valence-corrected chi connectivity index (χ2v) is 4.56. The van der Waals surface area contributed by atoms with Gasteiger partial charge in [0.15, 0.2) is 0 Å². The molecule has 3 aliphatic carbocycles. The van der Waals surface area contributed by atoms with Gasteiger partial charge in [-0.1, -0.05) is 0 Å². The number of hydrazone groups is 1. The zero-order valence-corrected chi connectivity index (χ0v) is 7.79. The highest BCUT2D eigenvalue weighted by molar-refractivity contribution is 5.95. The van der Waals surface area contributed by atoms with Crippen LogP contribution in [0.1, 0.15) is 26.2 Å². The summed E-state index contributed by atoms with van der Waals surface area (Å²) in [5.41, 5.74) is 3.88. The van der Waals surface area contributed by atoms with Crippen molar-refractivity contribution in [2.45, 2.75) is 26.2 Å². The molecule has 3 fully saturated rings. The van der Waals surface area contributed by atoms with E-state index in [0.29, 0.717) is 0 Å². The monoisotopic (exact) mass is 178 g/mol. The van der Waals surface area contributed by atoms with Crippen LogP contribution in [-0.4, -0.2) is 11.6 Å². The van der Waals surface area contributed by atoms with Gasteiger partial charge in [0.05, 0.1) is 0 Å². The van der Waals surface area contributed by atoms with Crippen molar-refractivity contribution in [1.82, 2.24) is 5.43 Å². The molecule has 2 bridgehead atoms. The number of nitrogens with one attached hydrogen (secondary N) is 1. The quantitative estimate of drug-likeness (QED) is 0.601. The second kappa shape index (κ2) is 2.34. The van der Waals surface area contributed by atoms with Crippen LogP contribution < -0.4 is 5.43 Å². The summed E-state index contributed by atoms with van der Waals surface area (Å²) in [7, 11) is 0. The first-order chi connectivity index (χ1) is 6.27. The first-order valence-corrected chi connectivity index (χ1v) is 5.11. The number of carbonyl (C=O) groups excluding carboxylic acids is 1. The van der Waals surface area contributed by atoms with E-state index in [1.165, 1.54) is 31.9 Å². The lowest BCUT2D eigenvalue weighted by atomic mass is 10.0. The highest BCUT2D eigenvalue weighted by Gasteiger charge is 2.61. The second-order valence-electron chi connectivity index (χ2n) is 4.56.